The first-order valence-corrected chi connectivity index (χ1v) is 8.91. The summed E-state index contributed by atoms with van der Waals surface area (Å²) < 4.78 is 13.5. The fourth-order valence-corrected chi connectivity index (χ4v) is 4.07. The maximum atomic E-state index is 10.6. The van der Waals surface area contributed by atoms with Crippen LogP contribution in [0.1, 0.15) is 23.5 Å². The molecule has 0 unspecified atom stereocenters. The van der Waals surface area contributed by atoms with Crippen LogP contribution in [0.2, 0.25) is 5.02 Å². The summed E-state index contributed by atoms with van der Waals surface area (Å²) in [6, 6.07) is 7.23. The lowest BCUT2D eigenvalue weighted by atomic mass is 9.97. The van der Waals surface area contributed by atoms with Crippen molar-refractivity contribution in [3.05, 3.63) is 52.9 Å². The van der Waals surface area contributed by atoms with Crippen LogP contribution in [0.4, 0.5) is 5.82 Å². The van der Waals surface area contributed by atoms with Crippen molar-refractivity contribution in [2.45, 2.75) is 37.3 Å². The van der Waals surface area contributed by atoms with Crippen LogP contribution in [0.3, 0.4) is 0 Å². The lowest BCUT2D eigenvalue weighted by Gasteiger charge is -2.22. The molecule has 2 aromatic heterocycles. The van der Waals surface area contributed by atoms with E-state index < -0.39 is 30.6 Å². The van der Waals surface area contributed by atoms with Crippen molar-refractivity contribution in [3.8, 4) is 0 Å². The Balaban J connectivity index is 0.00000192. The number of fused-ring (bicyclic) bond motifs is 2. The van der Waals surface area contributed by atoms with Gasteiger partial charge in [0.1, 0.15) is 42.2 Å². The maximum absolute atomic E-state index is 10.6. The molecule has 2 aliphatic heterocycles. The van der Waals surface area contributed by atoms with Gasteiger partial charge in [-0.1, -0.05) is 17.7 Å². The summed E-state index contributed by atoms with van der Waals surface area (Å²) in [6.07, 6.45) is -1.26. The zero-order chi connectivity index (χ0) is 18.7. The topological polar surface area (TPSA) is 116 Å². The quantitative estimate of drug-likeness (QED) is 0.575. The molecule has 1 fully saturated rings. The van der Waals surface area contributed by atoms with E-state index in [0.717, 1.165) is 11.1 Å². The molecule has 148 valence electrons. The highest BCUT2D eigenvalue weighted by Gasteiger charge is 2.49. The number of halogens is 2. The van der Waals surface area contributed by atoms with Crippen LogP contribution in [0, 0.1) is 0 Å². The van der Waals surface area contributed by atoms with Gasteiger partial charge in [-0.25, -0.2) is 9.97 Å². The average Bonchev–Trinajstić information content (AvgIpc) is 3.33. The van der Waals surface area contributed by atoms with Gasteiger partial charge in [0.05, 0.1) is 12.0 Å². The first-order chi connectivity index (χ1) is 13.0. The SMILES string of the molecule is Cl.Nc1ncnc2c1ccn2[C@@H]1O[C@H]([C@H]2OCc3cc(Cl)ccc32)[C@@H](O)[C@H]1O. The molecule has 5 rings (SSSR count). The number of anilines is 1. The van der Waals surface area contributed by atoms with Crippen LogP contribution in [0.5, 0.6) is 0 Å². The van der Waals surface area contributed by atoms with Crippen molar-refractivity contribution < 1.29 is 19.7 Å². The van der Waals surface area contributed by atoms with Gasteiger partial charge >= 0.3 is 0 Å². The molecule has 0 spiro atoms. The molecule has 8 nitrogen and oxygen atoms in total. The van der Waals surface area contributed by atoms with E-state index in [0.29, 0.717) is 28.5 Å². The van der Waals surface area contributed by atoms with Crippen molar-refractivity contribution in [2.24, 2.45) is 0 Å². The Bertz CT molecular complexity index is 1030. The van der Waals surface area contributed by atoms with Gasteiger partial charge in [-0.15, -0.1) is 12.4 Å². The van der Waals surface area contributed by atoms with Crippen LogP contribution < -0.4 is 5.73 Å². The number of nitrogens with two attached hydrogens (primary N) is 1. The largest absolute Gasteiger partial charge is 0.387 e. The number of rotatable bonds is 2. The molecule has 1 aromatic carbocycles. The third-order valence-electron chi connectivity index (χ3n) is 5.22. The summed E-state index contributed by atoms with van der Waals surface area (Å²) >= 11 is 6.04. The molecule has 4 heterocycles. The standard InChI is InChI=1S/C18H17ClN4O4.ClH/c19-9-1-2-10-8(5-9)6-26-14(10)15-12(24)13(25)18(27-15)23-4-3-11-16(20)21-7-22-17(11)23;/h1-5,7,12-15,18,24-25H,6H2,(H2,20,21,22);1H/t12-,13+,14-,15-,18+;/m0./s1. The molecule has 0 aliphatic carbocycles. The van der Waals surface area contributed by atoms with Gasteiger partial charge in [-0.05, 0) is 29.3 Å². The Kier molecular flexibility index (Phi) is 4.95. The van der Waals surface area contributed by atoms with Crippen molar-refractivity contribution >= 4 is 40.9 Å². The second-order valence-corrected chi connectivity index (χ2v) is 7.20. The van der Waals surface area contributed by atoms with Crippen molar-refractivity contribution in [3.63, 3.8) is 0 Å². The van der Waals surface area contributed by atoms with Gasteiger partial charge in [-0.3, -0.25) is 0 Å². The van der Waals surface area contributed by atoms with Gasteiger partial charge in [0.15, 0.2) is 6.23 Å². The van der Waals surface area contributed by atoms with Crippen molar-refractivity contribution in [2.75, 3.05) is 5.73 Å². The molecule has 0 bridgehead atoms. The van der Waals surface area contributed by atoms with Crippen LogP contribution in [-0.2, 0) is 16.1 Å². The summed E-state index contributed by atoms with van der Waals surface area (Å²) in [5, 5.41) is 22.6. The van der Waals surface area contributed by atoms with Crippen LogP contribution in [-0.4, -0.2) is 43.1 Å². The summed E-state index contributed by atoms with van der Waals surface area (Å²) in [5.41, 5.74) is 8.26. The van der Waals surface area contributed by atoms with Crippen molar-refractivity contribution in [1.82, 2.24) is 14.5 Å². The monoisotopic (exact) mass is 424 g/mol. The number of benzene rings is 1. The molecule has 2 aliphatic rings. The van der Waals surface area contributed by atoms with E-state index in [9.17, 15) is 10.2 Å². The highest BCUT2D eigenvalue weighted by molar-refractivity contribution is 6.30. The molecule has 5 atom stereocenters. The van der Waals surface area contributed by atoms with E-state index in [1.165, 1.54) is 6.33 Å². The Morgan fingerprint density at radius 2 is 2.00 bits per heavy atom. The lowest BCUT2D eigenvalue weighted by Crippen LogP contribution is -2.34. The lowest BCUT2D eigenvalue weighted by molar-refractivity contribution is -0.104. The molecule has 4 N–H and O–H groups in total. The van der Waals surface area contributed by atoms with Gasteiger partial charge < -0.3 is 30.0 Å². The summed E-state index contributed by atoms with van der Waals surface area (Å²) in [6.45, 7) is 0.379. The number of nitrogens with zero attached hydrogens (tertiary/aromatic N) is 3. The van der Waals surface area contributed by atoms with Gasteiger partial charge in [-0.2, -0.15) is 0 Å². The van der Waals surface area contributed by atoms with Gasteiger partial charge in [0.2, 0.25) is 0 Å². The summed E-state index contributed by atoms with van der Waals surface area (Å²) in [4.78, 5) is 8.19. The number of aromatic nitrogens is 3. The fraction of sp³-hybridized carbons (Fsp3) is 0.333. The number of hydrogen-bond donors (Lipinski definition) is 3. The molecule has 0 amide bonds. The highest BCUT2D eigenvalue weighted by Crippen LogP contribution is 2.43. The first kappa shape index (κ1) is 19.4. The first-order valence-electron chi connectivity index (χ1n) is 8.53. The molecule has 10 heteroatoms. The molecular formula is C18H18Cl2N4O4. The van der Waals surface area contributed by atoms with E-state index in [1.807, 2.05) is 12.1 Å². The number of nitrogen functional groups attached to an aromatic ring is 1. The Morgan fingerprint density at radius 3 is 2.82 bits per heavy atom. The van der Waals surface area contributed by atoms with E-state index in [4.69, 9.17) is 26.8 Å². The third kappa shape index (κ3) is 2.85. The Morgan fingerprint density at radius 1 is 1.18 bits per heavy atom. The van der Waals surface area contributed by atoms with E-state index in [2.05, 4.69) is 9.97 Å². The third-order valence-corrected chi connectivity index (χ3v) is 5.45. The average molecular weight is 425 g/mol. The zero-order valence-corrected chi connectivity index (χ0v) is 16.0. The second kappa shape index (κ2) is 7.14. The highest BCUT2D eigenvalue weighted by atomic mass is 35.5. The summed E-state index contributed by atoms with van der Waals surface area (Å²) in [7, 11) is 0. The second-order valence-electron chi connectivity index (χ2n) is 6.77. The molecule has 0 radical (unpaired) electrons. The normalized spacial score (nSPS) is 29.0. The molecular weight excluding hydrogens is 407 g/mol. The summed E-state index contributed by atoms with van der Waals surface area (Å²) in [5.74, 6) is 0.341. The van der Waals surface area contributed by atoms with E-state index >= 15 is 0 Å². The molecule has 1 saturated heterocycles. The van der Waals surface area contributed by atoms with Crippen LogP contribution in [0.15, 0.2) is 36.8 Å². The maximum Gasteiger partial charge on any atom is 0.164 e. The van der Waals surface area contributed by atoms with Crippen LogP contribution >= 0.6 is 24.0 Å². The van der Waals surface area contributed by atoms with Crippen molar-refractivity contribution in [1.29, 1.82) is 0 Å². The Hall–Kier alpha value is -1.94. The molecule has 0 saturated carbocycles. The smallest absolute Gasteiger partial charge is 0.164 e. The Labute approximate surface area is 171 Å². The minimum absolute atomic E-state index is 0. The fourth-order valence-electron chi connectivity index (χ4n) is 3.88. The number of hydrogen-bond acceptors (Lipinski definition) is 7. The minimum Gasteiger partial charge on any atom is -0.387 e. The molecule has 28 heavy (non-hydrogen) atoms. The number of aliphatic hydroxyl groups is 2. The van der Waals surface area contributed by atoms with E-state index in [-0.39, 0.29) is 12.4 Å². The number of aliphatic hydroxyl groups excluding tert-OH is 2. The van der Waals surface area contributed by atoms with Gasteiger partial charge in [0, 0.05) is 11.2 Å². The van der Waals surface area contributed by atoms with Crippen LogP contribution in [0.25, 0.3) is 11.0 Å². The zero-order valence-electron chi connectivity index (χ0n) is 14.5. The van der Waals surface area contributed by atoms with E-state index in [1.54, 1.807) is 22.9 Å². The predicted octanol–water partition coefficient (Wildman–Crippen LogP) is 1.98. The predicted molar refractivity (Wildman–Crippen MR) is 104 cm³/mol. The molecule has 3 aromatic rings. The minimum atomic E-state index is -1.15. The number of ether oxygens (including phenoxy) is 2. The van der Waals surface area contributed by atoms with Gasteiger partial charge in [0.25, 0.3) is 0 Å².